The van der Waals surface area contributed by atoms with Crippen LogP contribution < -0.4 is 21.3 Å². The maximum absolute atomic E-state index is 13.5. The molecule has 0 radical (unpaired) electrons. The van der Waals surface area contributed by atoms with E-state index in [9.17, 15) is 34.3 Å². The molecule has 5 heterocycles. The highest BCUT2D eigenvalue weighted by Gasteiger charge is 2.33. The van der Waals surface area contributed by atoms with Crippen LogP contribution in [0.15, 0.2) is 73.1 Å². The Bertz CT molecular complexity index is 2540. The Morgan fingerprint density at radius 1 is 0.968 bits per heavy atom. The molecule has 8 rings (SSSR count). The van der Waals surface area contributed by atoms with Crippen LogP contribution in [0.3, 0.4) is 0 Å². The summed E-state index contributed by atoms with van der Waals surface area (Å²) >= 11 is 0. The summed E-state index contributed by atoms with van der Waals surface area (Å²) in [7, 11) is 0. The molecule has 0 bridgehead atoms. The average molecular weight is 842 g/mol. The fraction of sp³-hybridized carbons (Fsp3) is 0.422. The molecule has 2 atom stereocenters. The summed E-state index contributed by atoms with van der Waals surface area (Å²) in [5, 5.41) is 41.3. The summed E-state index contributed by atoms with van der Waals surface area (Å²) < 4.78 is 3.50. The number of amides is 5. The summed E-state index contributed by atoms with van der Waals surface area (Å²) in [5.41, 5.74) is 2.64. The van der Waals surface area contributed by atoms with E-state index in [1.807, 2.05) is 53.3 Å². The molecule has 2 aliphatic heterocycles. The second-order valence-corrected chi connectivity index (χ2v) is 17.1. The number of piperidine rings is 1. The van der Waals surface area contributed by atoms with Crippen LogP contribution >= 0.6 is 0 Å². The minimum atomic E-state index is -1.27. The molecule has 2 aromatic carbocycles. The molecule has 17 nitrogen and oxygen atoms in total. The van der Waals surface area contributed by atoms with Crippen molar-refractivity contribution in [1.82, 2.24) is 45.1 Å². The molecule has 5 aromatic rings. The number of rotatable bonds is 12. The van der Waals surface area contributed by atoms with E-state index in [1.54, 1.807) is 32.0 Å². The predicted octanol–water partition coefficient (Wildman–Crippen LogP) is 2.79. The summed E-state index contributed by atoms with van der Waals surface area (Å²) in [6.07, 6.45) is 7.90. The van der Waals surface area contributed by atoms with Crippen molar-refractivity contribution in [3.63, 3.8) is 0 Å². The molecule has 0 spiro atoms. The Hall–Kier alpha value is -6.48. The molecule has 3 aliphatic rings. The number of aliphatic hydroxyl groups is 1. The van der Waals surface area contributed by atoms with Gasteiger partial charge in [-0.05, 0) is 81.8 Å². The van der Waals surface area contributed by atoms with Crippen LogP contribution in [0.2, 0.25) is 0 Å². The van der Waals surface area contributed by atoms with E-state index in [2.05, 4.69) is 42.2 Å². The van der Waals surface area contributed by atoms with Gasteiger partial charge in [-0.15, -0.1) is 0 Å². The zero-order valence-corrected chi connectivity index (χ0v) is 34.8. The first-order valence-electron chi connectivity index (χ1n) is 21.2. The van der Waals surface area contributed by atoms with Gasteiger partial charge in [0.2, 0.25) is 23.6 Å². The Morgan fingerprint density at radius 3 is 2.42 bits per heavy atom. The zero-order chi connectivity index (χ0) is 43.5. The lowest BCUT2D eigenvalue weighted by Gasteiger charge is -2.41. The number of carbonyl (C=O) groups excluding carboxylic acids is 5. The standard InChI is InChI=1S/C45H51N11O6/c1-45(2,62)34-23-36-30(22-37(34)50-44(61)39-14-12-33-20-29(24-46)25-47-56(33)39)26-55(52-36)32-10-8-31(9-11-32)54-18-16-53(17-19-54)27-41(58)48-38(21-28-6-4-3-5-7-28)43(60)49-35-13-15-40(57)51-42(35)59/h3-7,12,14,20,22-23,25-26,31-32,35,38,62H,8-11,13,15-19,21,27H2,1-2H3,(H,48,58)(H,49,60)(H,50,61)(H,51,57,59)/t31?,32?,35?,38-/m0/s1. The van der Waals surface area contributed by atoms with Crippen LogP contribution in [-0.4, -0.2) is 115 Å². The summed E-state index contributed by atoms with van der Waals surface area (Å²) in [5.74, 6) is -2.04. The molecule has 1 unspecified atom stereocenters. The lowest BCUT2D eigenvalue weighted by molar-refractivity contribution is -0.138. The van der Waals surface area contributed by atoms with E-state index in [-0.39, 0.29) is 43.7 Å². The number of nitrogens with zero attached hydrogens (tertiary/aromatic N) is 7. The largest absolute Gasteiger partial charge is 0.386 e. The van der Waals surface area contributed by atoms with Crippen LogP contribution in [0.5, 0.6) is 0 Å². The summed E-state index contributed by atoms with van der Waals surface area (Å²) in [6.45, 7) is 6.56. The van der Waals surface area contributed by atoms with Crippen LogP contribution in [0.1, 0.15) is 85.6 Å². The zero-order valence-electron chi connectivity index (χ0n) is 34.8. The van der Waals surface area contributed by atoms with Gasteiger partial charge in [0.25, 0.3) is 5.91 Å². The minimum Gasteiger partial charge on any atom is -0.386 e. The summed E-state index contributed by atoms with van der Waals surface area (Å²) in [6, 6.07) is 19.1. The highest BCUT2D eigenvalue weighted by Crippen LogP contribution is 2.36. The Morgan fingerprint density at radius 2 is 1.71 bits per heavy atom. The number of anilines is 1. The van der Waals surface area contributed by atoms with Gasteiger partial charge in [-0.2, -0.15) is 15.5 Å². The second-order valence-electron chi connectivity index (χ2n) is 17.1. The number of piperazine rings is 1. The van der Waals surface area contributed by atoms with Crippen molar-refractivity contribution in [1.29, 1.82) is 5.26 Å². The van der Waals surface area contributed by atoms with Crippen molar-refractivity contribution in [3.05, 3.63) is 95.4 Å². The molecule has 17 heteroatoms. The molecule has 62 heavy (non-hydrogen) atoms. The Labute approximate surface area is 358 Å². The van der Waals surface area contributed by atoms with E-state index in [0.717, 1.165) is 55.2 Å². The van der Waals surface area contributed by atoms with E-state index in [4.69, 9.17) is 5.10 Å². The van der Waals surface area contributed by atoms with Crippen molar-refractivity contribution in [2.45, 2.75) is 88.6 Å². The fourth-order valence-corrected chi connectivity index (χ4v) is 8.89. The maximum atomic E-state index is 13.5. The van der Waals surface area contributed by atoms with E-state index in [1.165, 1.54) is 10.7 Å². The summed E-state index contributed by atoms with van der Waals surface area (Å²) in [4.78, 5) is 68.8. The van der Waals surface area contributed by atoms with Crippen molar-refractivity contribution in [2.75, 3.05) is 38.0 Å². The van der Waals surface area contributed by atoms with Crippen LogP contribution in [0.4, 0.5) is 5.69 Å². The fourth-order valence-electron chi connectivity index (χ4n) is 8.89. The third kappa shape index (κ3) is 9.52. The number of carbonyl (C=O) groups is 5. The van der Waals surface area contributed by atoms with Crippen molar-refractivity contribution in [2.24, 2.45) is 0 Å². The minimum absolute atomic E-state index is 0.137. The lowest BCUT2D eigenvalue weighted by Crippen LogP contribution is -2.58. The molecular weight excluding hydrogens is 791 g/mol. The molecule has 3 fully saturated rings. The third-order valence-corrected chi connectivity index (χ3v) is 12.3. The third-order valence-electron chi connectivity index (χ3n) is 12.3. The molecule has 322 valence electrons. The topological polar surface area (TPSA) is 219 Å². The normalized spacial score (nSPS) is 20.6. The molecule has 5 amide bonds. The first-order chi connectivity index (χ1) is 29.8. The Balaban J connectivity index is 0.846. The molecule has 1 saturated carbocycles. The number of nitriles is 1. The molecular formula is C45H51N11O6. The highest BCUT2D eigenvalue weighted by molar-refractivity contribution is 6.05. The van der Waals surface area contributed by atoms with Crippen molar-refractivity contribution >= 4 is 51.6 Å². The van der Waals surface area contributed by atoms with Gasteiger partial charge in [-0.25, -0.2) is 4.52 Å². The van der Waals surface area contributed by atoms with Gasteiger partial charge >= 0.3 is 0 Å². The van der Waals surface area contributed by atoms with Gasteiger partial charge in [0.1, 0.15) is 23.8 Å². The predicted molar refractivity (Wildman–Crippen MR) is 229 cm³/mol. The SMILES string of the molecule is CC(C)(O)c1cc2nn(C3CCC(N4CCN(CC(=O)N[C@@H](Cc5ccccc5)C(=O)NC5CCC(=O)NC5=O)CC4)CC3)cc2cc1NC(=O)c1ccc2cc(C#N)cnn12. The monoisotopic (exact) mass is 841 g/mol. The first kappa shape index (κ1) is 42.2. The van der Waals surface area contributed by atoms with Gasteiger partial charge in [-0.1, -0.05) is 30.3 Å². The second kappa shape index (κ2) is 17.9. The number of imide groups is 1. The van der Waals surface area contributed by atoms with Crippen LogP contribution in [0.25, 0.3) is 16.4 Å². The maximum Gasteiger partial charge on any atom is 0.274 e. The number of hydrogen-bond acceptors (Lipinski definition) is 11. The number of aromatic nitrogens is 4. The molecule has 5 N–H and O–H groups in total. The van der Waals surface area contributed by atoms with Crippen molar-refractivity contribution in [3.8, 4) is 6.07 Å². The van der Waals surface area contributed by atoms with Gasteiger partial charge in [-0.3, -0.25) is 43.8 Å². The number of benzene rings is 2. The number of nitrogens with one attached hydrogen (secondary N) is 4. The molecule has 2 saturated heterocycles. The first-order valence-corrected chi connectivity index (χ1v) is 21.2. The van der Waals surface area contributed by atoms with Gasteiger partial charge in [0.15, 0.2) is 0 Å². The van der Waals surface area contributed by atoms with Gasteiger partial charge in [0.05, 0.1) is 41.0 Å². The lowest BCUT2D eigenvalue weighted by atomic mass is 9.90. The van der Waals surface area contributed by atoms with Crippen molar-refractivity contribution < 1.29 is 29.1 Å². The van der Waals surface area contributed by atoms with E-state index >= 15 is 0 Å². The number of fused-ring (bicyclic) bond motifs is 2. The molecule has 3 aromatic heterocycles. The molecule has 1 aliphatic carbocycles. The highest BCUT2D eigenvalue weighted by atomic mass is 16.3. The van der Waals surface area contributed by atoms with Gasteiger partial charge < -0.3 is 21.1 Å². The van der Waals surface area contributed by atoms with Crippen LogP contribution in [-0.2, 0) is 31.2 Å². The van der Waals surface area contributed by atoms with Gasteiger partial charge in [0, 0.05) is 67.9 Å². The average Bonchev–Trinajstić information content (AvgIpc) is 3.88. The Kier molecular flexibility index (Phi) is 12.2. The van der Waals surface area contributed by atoms with E-state index in [0.29, 0.717) is 47.2 Å². The number of hydrogen-bond donors (Lipinski definition) is 5. The smallest absolute Gasteiger partial charge is 0.274 e. The quantitative estimate of drug-likeness (QED) is 0.115. The van der Waals surface area contributed by atoms with Crippen LogP contribution in [0, 0.1) is 11.3 Å². The van der Waals surface area contributed by atoms with E-state index < -0.39 is 35.4 Å².